The van der Waals surface area contributed by atoms with Crippen molar-refractivity contribution in [3.8, 4) is 0 Å². The molecule has 3 rings (SSSR count). The first-order chi connectivity index (χ1) is 10.6. The number of hydrogen-bond acceptors (Lipinski definition) is 4. The van der Waals surface area contributed by atoms with Crippen LogP contribution in [0, 0.1) is 5.92 Å². The fourth-order valence-corrected chi connectivity index (χ4v) is 3.56. The van der Waals surface area contributed by atoms with Gasteiger partial charge < -0.3 is 16.0 Å². The van der Waals surface area contributed by atoms with Crippen molar-refractivity contribution in [1.29, 1.82) is 0 Å². The number of carbonyl (C=O) groups excluding carboxylic acids is 2. The van der Waals surface area contributed by atoms with Crippen LogP contribution in [0.1, 0.15) is 32.1 Å². The predicted octanol–water partition coefficient (Wildman–Crippen LogP) is 0.910. The third kappa shape index (κ3) is 4.68. The van der Waals surface area contributed by atoms with E-state index in [2.05, 4.69) is 21.0 Å². The van der Waals surface area contributed by atoms with Crippen molar-refractivity contribution < 1.29 is 9.59 Å². The molecule has 0 aliphatic carbocycles. The lowest BCUT2D eigenvalue weighted by Gasteiger charge is -2.28. The Morgan fingerprint density at radius 2 is 2.00 bits per heavy atom. The summed E-state index contributed by atoms with van der Waals surface area (Å²) in [5.74, 6) is 0.386. The Labute approximate surface area is 142 Å². The average Bonchev–Trinajstić information content (AvgIpc) is 3.05. The van der Waals surface area contributed by atoms with Gasteiger partial charge in [0.2, 0.25) is 11.8 Å². The normalized spacial score (nSPS) is 25.5. The summed E-state index contributed by atoms with van der Waals surface area (Å²) < 4.78 is 1.51. The smallest absolute Gasteiger partial charge is 0.241 e. The van der Waals surface area contributed by atoms with E-state index < -0.39 is 0 Å². The Hall–Kier alpha value is -1.60. The first kappa shape index (κ1) is 17.7. The van der Waals surface area contributed by atoms with Gasteiger partial charge in [0.05, 0.1) is 11.9 Å². The van der Waals surface area contributed by atoms with E-state index in [1.807, 2.05) is 0 Å². The lowest BCUT2D eigenvalue weighted by molar-refractivity contribution is -0.121. The van der Waals surface area contributed by atoms with Crippen molar-refractivity contribution in [2.24, 2.45) is 5.92 Å². The van der Waals surface area contributed by atoms with E-state index in [1.165, 1.54) is 17.5 Å². The molecule has 1 aromatic rings. The minimum atomic E-state index is -0.119. The fourth-order valence-electron chi connectivity index (χ4n) is 3.56. The number of nitrogens with zero attached hydrogens (tertiary/aromatic N) is 2. The van der Waals surface area contributed by atoms with E-state index in [0.717, 1.165) is 12.8 Å². The summed E-state index contributed by atoms with van der Waals surface area (Å²) in [6, 6.07) is 1.21. The predicted molar refractivity (Wildman–Crippen MR) is 89.5 cm³/mol. The van der Waals surface area contributed by atoms with Gasteiger partial charge in [0.25, 0.3) is 0 Å². The van der Waals surface area contributed by atoms with Gasteiger partial charge in [0, 0.05) is 31.7 Å². The summed E-state index contributed by atoms with van der Waals surface area (Å²) in [5, 5.41) is 13.1. The first-order valence-corrected chi connectivity index (χ1v) is 7.91. The van der Waals surface area contributed by atoms with Gasteiger partial charge in [-0.05, 0) is 31.6 Å². The molecule has 2 aliphatic heterocycles. The highest BCUT2D eigenvalue weighted by atomic mass is 35.5. The largest absolute Gasteiger partial charge is 0.358 e. The molecule has 128 valence electrons. The zero-order chi connectivity index (χ0) is 15.5. The summed E-state index contributed by atoms with van der Waals surface area (Å²) >= 11 is 0. The summed E-state index contributed by atoms with van der Waals surface area (Å²) in [7, 11) is 1.58. The maximum atomic E-state index is 12.2. The van der Waals surface area contributed by atoms with Crippen LogP contribution < -0.4 is 16.0 Å². The number of carbonyl (C=O) groups is 2. The lowest BCUT2D eigenvalue weighted by atomic mass is 9.89. The van der Waals surface area contributed by atoms with E-state index >= 15 is 0 Å². The number of rotatable bonds is 5. The second kappa shape index (κ2) is 7.79. The molecule has 2 bridgehead atoms. The second-order valence-corrected chi connectivity index (χ2v) is 6.33. The Kier molecular flexibility index (Phi) is 6.01. The molecule has 8 heteroatoms. The SMILES string of the molecule is CNC(=O)Cn1cc(NC(=O)CC2CC3CCC(C2)N3)cn1.Cl. The topological polar surface area (TPSA) is 88.0 Å². The third-order valence-corrected chi connectivity index (χ3v) is 4.55. The van der Waals surface area contributed by atoms with Gasteiger partial charge in [-0.1, -0.05) is 0 Å². The minimum Gasteiger partial charge on any atom is -0.358 e. The summed E-state index contributed by atoms with van der Waals surface area (Å²) in [6.45, 7) is 0.157. The Morgan fingerprint density at radius 1 is 1.30 bits per heavy atom. The summed E-state index contributed by atoms with van der Waals surface area (Å²) in [4.78, 5) is 23.4. The van der Waals surface area contributed by atoms with E-state index in [-0.39, 0.29) is 30.8 Å². The highest BCUT2D eigenvalue weighted by Gasteiger charge is 2.34. The van der Waals surface area contributed by atoms with Crippen LogP contribution in [0.3, 0.4) is 0 Å². The van der Waals surface area contributed by atoms with Gasteiger partial charge in [-0.3, -0.25) is 14.3 Å². The van der Waals surface area contributed by atoms with Gasteiger partial charge in [-0.15, -0.1) is 12.4 Å². The number of fused-ring (bicyclic) bond motifs is 2. The monoisotopic (exact) mass is 341 g/mol. The van der Waals surface area contributed by atoms with E-state index in [4.69, 9.17) is 0 Å². The average molecular weight is 342 g/mol. The number of anilines is 1. The van der Waals surface area contributed by atoms with Crippen LogP contribution in [0.5, 0.6) is 0 Å². The molecule has 0 aromatic carbocycles. The van der Waals surface area contributed by atoms with Crippen LogP contribution in [0.15, 0.2) is 12.4 Å². The molecule has 0 radical (unpaired) electrons. The van der Waals surface area contributed by atoms with Crippen molar-refractivity contribution in [3.63, 3.8) is 0 Å². The zero-order valence-corrected chi connectivity index (χ0v) is 14.1. The quantitative estimate of drug-likeness (QED) is 0.743. The molecule has 2 saturated heterocycles. The van der Waals surface area contributed by atoms with Gasteiger partial charge in [-0.2, -0.15) is 5.10 Å². The number of nitrogens with one attached hydrogen (secondary N) is 3. The highest BCUT2D eigenvalue weighted by molar-refractivity contribution is 5.90. The number of likely N-dealkylation sites (N-methyl/N-ethyl adjacent to an activating group) is 1. The lowest BCUT2D eigenvalue weighted by Crippen LogP contribution is -2.39. The first-order valence-electron chi connectivity index (χ1n) is 7.91. The van der Waals surface area contributed by atoms with Gasteiger partial charge in [-0.25, -0.2) is 0 Å². The van der Waals surface area contributed by atoms with Crippen LogP contribution in [-0.4, -0.2) is 40.7 Å². The van der Waals surface area contributed by atoms with Crippen molar-refractivity contribution in [2.75, 3.05) is 12.4 Å². The summed E-state index contributed by atoms with van der Waals surface area (Å²) in [6.07, 6.45) is 8.51. The summed E-state index contributed by atoms with van der Waals surface area (Å²) in [5.41, 5.74) is 0.644. The van der Waals surface area contributed by atoms with Gasteiger partial charge >= 0.3 is 0 Å². The minimum absolute atomic E-state index is 0. The number of halogens is 1. The third-order valence-electron chi connectivity index (χ3n) is 4.55. The van der Waals surface area contributed by atoms with Crippen LogP contribution in [-0.2, 0) is 16.1 Å². The van der Waals surface area contributed by atoms with Crippen molar-refractivity contribution >= 4 is 29.9 Å². The van der Waals surface area contributed by atoms with Crippen molar-refractivity contribution in [3.05, 3.63) is 12.4 Å². The van der Waals surface area contributed by atoms with E-state index in [1.54, 1.807) is 19.4 Å². The standard InChI is InChI=1S/C15H23N5O2.ClH/c1-16-15(22)9-20-8-13(7-17-20)19-14(21)6-10-4-11-2-3-12(5-10)18-11;/h7-8,10-12,18H,2-6,9H2,1H3,(H,16,22)(H,19,21);1H. The molecule has 0 spiro atoms. The Bertz CT molecular complexity index is 550. The maximum absolute atomic E-state index is 12.2. The van der Waals surface area contributed by atoms with E-state index in [9.17, 15) is 9.59 Å². The molecule has 2 unspecified atom stereocenters. The molecule has 7 nitrogen and oxygen atoms in total. The Balaban J connectivity index is 0.00000192. The van der Waals surface area contributed by atoms with Crippen LogP contribution in [0.25, 0.3) is 0 Å². The number of aromatic nitrogens is 2. The molecule has 2 fully saturated rings. The molecule has 0 saturated carbocycles. The van der Waals surface area contributed by atoms with Crippen molar-refractivity contribution in [2.45, 2.75) is 50.7 Å². The molecule has 3 heterocycles. The van der Waals surface area contributed by atoms with E-state index in [0.29, 0.717) is 30.1 Å². The number of hydrogen-bond donors (Lipinski definition) is 3. The molecule has 1 aromatic heterocycles. The van der Waals surface area contributed by atoms with Gasteiger partial charge in [0.1, 0.15) is 6.54 Å². The van der Waals surface area contributed by atoms with Crippen LogP contribution >= 0.6 is 12.4 Å². The number of amides is 2. The molecule has 2 atom stereocenters. The fraction of sp³-hybridized carbons (Fsp3) is 0.667. The molecule has 3 N–H and O–H groups in total. The highest BCUT2D eigenvalue weighted by Crippen LogP contribution is 2.32. The molecule has 23 heavy (non-hydrogen) atoms. The molecular formula is C15H24ClN5O2. The molecule has 2 aliphatic rings. The number of piperidine rings is 1. The Morgan fingerprint density at radius 3 is 2.65 bits per heavy atom. The van der Waals surface area contributed by atoms with Crippen molar-refractivity contribution in [1.82, 2.24) is 20.4 Å². The van der Waals surface area contributed by atoms with Crippen LogP contribution in [0.2, 0.25) is 0 Å². The molecule has 2 amide bonds. The maximum Gasteiger partial charge on any atom is 0.241 e. The second-order valence-electron chi connectivity index (χ2n) is 6.33. The van der Waals surface area contributed by atoms with Gasteiger partial charge in [0.15, 0.2) is 0 Å². The molecular weight excluding hydrogens is 318 g/mol. The zero-order valence-electron chi connectivity index (χ0n) is 13.2. The van der Waals surface area contributed by atoms with Crippen LogP contribution in [0.4, 0.5) is 5.69 Å².